The highest BCUT2D eigenvalue weighted by atomic mass is 29.6. The quantitative estimate of drug-likeness (QED) is 0.622. The molecule has 23 heavy (non-hydrogen) atoms. The SMILES string of the molecule is CC[Si](CC)([SiH-][Si](CC)(CC)c1ccccc1)c1ccccc1. The van der Waals surface area contributed by atoms with Gasteiger partial charge in [0, 0.05) is 0 Å². The van der Waals surface area contributed by atoms with Gasteiger partial charge in [0.2, 0.25) is 0 Å². The average Bonchev–Trinajstić information content (AvgIpc) is 2.65. The molecule has 2 aromatic rings. The molecule has 0 unspecified atom stereocenters. The first-order valence-electron chi connectivity index (χ1n) is 9.14. The fourth-order valence-electron chi connectivity index (χ4n) is 3.96. The van der Waals surface area contributed by atoms with Crippen LogP contribution in [0.25, 0.3) is 0 Å². The molecule has 0 bridgehead atoms. The van der Waals surface area contributed by atoms with E-state index in [-0.39, 0.29) is 0 Å². The first-order chi connectivity index (χ1) is 11.2. The van der Waals surface area contributed by atoms with Gasteiger partial charge in [0.15, 0.2) is 0 Å². The second-order valence-electron chi connectivity index (χ2n) is 6.60. The Hall–Kier alpha value is -0.909. The molecule has 0 saturated carbocycles. The third-order valence-corrected chi connectivity index (χ3v) is 35.1. The molecular formula is C20H31Si3-. The summed E-state index contributed by atoms with van der Waals surface area (Å²) < 4.78 is 0. The maximum atomic E-state index is 2.46. The van der Waals surface area contributed by atoms with E-state index in [1.807, 2.05) is 0 Å². The smallest absolute Gasteiger partial charge is 0.0623 e. The van der Waals surface area contributed by atoms with Crippen molar-refractivity contribution < 1.29 is 0 Å². The number of benzene rings is 2. The summed E-state index contributed by atoms with van der Waals surface area (Å²) in [4.78, 5) is 0. The van der Waals surface area contributed by atoms with Crippen molar-refractivity contribution >= 4 is 34.1 Å². The Morgan fingerprint density at radius 3 is 1.13 bits per heavy atom. The van der Waals surface area contributed by atoms with Crippen LogP contribution in [0.5, 0.6) is 0 Å². The van der Waals surface area contributed by atoms with Gasteiger partial charge in [0.25, 0.3) is 0 Å². The topological polar surface area (TPSA) is 0 Å². The predicted octanol–water partition coefficient (Wildman–Crippen LogP) is 4.21. The minimum atomic E-state index is -1.33. The molecule has 0 spiro atoms. The monoisotopic (exact) mass is 355 g/mol. The fraction of sp³-hybridized carbons (Fsp3) is 0.400. The van der Waals surface area contributed by atoms with Crippen LogP contribution in [0.3, 0.4) is 0 Å². The van der Waals surface area contributed by atoms with Gasteiger partial charge in [-0.05, 0) is 0 Å². The third-order valence-electron chi connectivity index (χ3n) is 5.77. The minimum Gasteiger partial charge on any atom is -0.260 e. The molecule has 0 nitrogen and oxygen atoms in total. The molecule has 0 saturated heterocycles. The molecule has 0 aliphatic heterocycles. The summed E-state index contributed by atoms with van der Waals surface area (Å²) in [7, 11) is -2.12. The standard InChI is InChI=1S/C20H31Si3/c1-5-22(6-2,19-15-11-9-12-16-19)21-23(7-3,8-4)20-17-13-10-14-18-20/h9-18,21H,5-8H2,1-4H3/q-1. The van der Waals surface area contributed by atoms with Crippen LogP contribution >= 0.6 is 0 Å². The largest absolute Gasteiger partial charge is 0.260 e. The maximum absolute atomic E-state index is 2.46. The van der Waals surface area contributed by atoms with Crippen LogP contribution in [0.1, 0.15) is 27.7 Å². The number of hydrogen-bond donors (Lipinski definition) is 0. The van der Waals surface area contributed by atoms with Gasteiger partial charge in [-0.15, -0.1) is 0 Å². The van der Waals surface area contributed by atoms with Gasteiger partial charge in [-0.1, -0.05) is 138 Å². The second kappa shape index (κ2) is 8.27. The maximum Gasteiger partial charge on any atom is -0.0623 e. The van der Waals surface area contributed by atoms with Crippen molar-refractivity contribution in [1.29, 1.82) is 0 Å². The van der Waals surface area contributed by atoms with Gasteiger partial charge in [0.1, 0.15) is 0 Å². The summed E-state index contributed by atoms with van der Waals surface area (Å²) >= 11 is 0. The molecule has 0 atom stereocenters. The van der Waals surface area contributed by atoms with Crippen LogP contribution in [0.15, 0.2) is 60.7 Å². The van der Waals surface area contributed by atoms with Gasteiger partial charge in [-0.3, -0.25) is 8.55 Å². The van der Waals surface area contributed by atoms with Gasteiger partial charge in [0.05, 0.1) is 0 Å². The lowest BCUT2D eigenvalue weighted by Crippen LogP contribution is -2.67. The van der Waals surface area contributed by atoms with Gasteiger partial charge >= 0.3 is 0 Å². The summed E-state index contributed by atoms with van der Waals surface area (Å²) in [5, 5.41) is 3.43. The Kier molecular flexibility index (Phi) is 6.62. The first-order valence-corrected chi connectivity index (χ1v) is 17.6. The molecule has 0 heterocycles. The molecule has 124 valence electrons. The van der Waals surface area contributed by atoms with E-state index in [9.17, 15) is 0 Å². The van der Waals surface area contributed by atoms with Crippen LogP contribution in [-0.4, -0.2) is 23.7 Å². The molecular weight excluding hydrogens is 324 g/mol. The average molecular weight is 356 g/mol. The Labute approximate surface area is 146 Å². The van der Waals surface area contributed by atoms with Crippen LogP contribution < -0.4 is 10.4 Å². The van der Waals surface area contributed by atoms with Crippen LogP contribution in [0.2, 0.25) is 24.2 Å². The highest BCUT2D eigenvalue weighted by molar-refractivity contribution is 7.59. The molecule has 3 heteroatoms. The van der Waals surface area contributed by atoms with Crippen molar-refractivity contribution in [3.05, 3.63) is 60.7 Å². The Morgan fingerprint density at radius 2 is 0.870 bits per heavy atom. The number of hydrogen-bond acceptors (Lipinski definition) is 0. The molecule has 0 radical (unpaired) electrons. The molecule has 2 aromatic carbocycles. The van der Waals surface area contributed by atoms with E-state index in [0.29, 0.717) is 8.55 Å². The van der Waals surface area contributed by atoms with Crippen molar-refractivity contribution in [2.75, 3.05) is 0 Å². The molecule has 0 aromatic heterocycles. The van der Waals surface area contributed by atoms with Crippen LogP contribution in [0, 0.1) is 0 Å². The summed E-state index contributed by atoms with van der Waals surface area (Å²) in [5.74, 6) is 0. The highest BCUT2D eigenvalue weighted by Crippen LogP contribution is 2.23. The zero-order valence-electron chi connectivity index (χ0n) is 15.2. The molecule has 0 fully saturated rings. The fourth-order valence-corrected chi connectivity index (χ4v) is 38.2. The van der Waals surface area contributed by atoms with Crippen molar-refractivity contribution in [1.82, 2.24) is 0 Å². The van der Waals surface area contributed by atoms with Gasteiger partial charge in [-0.25, -0.2) is 0 Å². The van der Waals surface area contributed by atoms with Crippen LogP contribution in [0.4, 0.5) is 0 Å². The predicted molar refractivity (Wildman–Crippen MR) is 113 cm³/mol. The van der Waals surface area contributed by atoms with E-state index < -0.39 is 15.2 Å². The lowest BCUT2D eigenvalue weighted by Gasteiger charge is -2.51. The summed E-state index contributed by atoms with van der Waals surface area (Å²) in [6, 6.07) is 28.7. The Balaban J connectivity index is 2.48. The van der Waals surface area contributed by atoms with Crippen molar-refractivity contribution in [3.8, 4) is 0 Å². The molecule has 0 aliphatic rings. The lowest BCUT2D eigenvalue weighted by molar-refractivity contribution is 1.29. The lowest BCUT2D eigenvalue weighted by atomic mass is 10.4. The summed E-state index contributed by atoms with van der Waals surface area (Å²) in [5.41, 5.74) is 0. The van der Waals surface area contributed by atoms with Crippen molar-refractivity contribution in [2.24, 2.45) is 0 Å². The molecule has 0 N–H and O–H groups in total. The number of rotatable bonds is 8. The van der Waals surface area contributed by atoms with E-state index in [1.54, 1.807) is 10.4 Å². The van der Waals surface area contributed by atoms with Gasteiger partial charge in [-0.2, -0.15) is 0 Å². The zero-order chi connectivity index (χ0) is 16.8. The van der Waals surface area contributed by atoms with E-state index in [0.717, 1.165) is 0 Å². The third kappa shape index (κ3) is 3.78. The first kappa shape index (κ1) is 18.4. The Morgan fingerprint density at radius 1 is 0.565 bits per heavy atom. The van der Waals surface area contributed by atoms with E-state index >= 15 is 0 Å². The molecule has 0 amide bonds. The van der Waals surface area contributed by atoms with Crippen molar-refractivity contribution in [3.63, 3.8) is 0 Å². The molecule has 0 aliphatic carbocycles. The van der Waals surface area contributed by atoms with Crippen LogP contribution in [-0.2, 0) is 0 Å². The van der Waals surface area contributed by atoms with Gasteiger partial charge < -0.3 is 0 Å². The van der Waals surface area contributed by atoms with E-state index in [1.165, 1.54) is 24.2 Å². The highest BCUT2D eigenvalue weighted by Gasteiger charge is 2.32. The second-order valence-corrected chi connectivity index (χ2v) is 25.6. The van der Waals surface area contributed by atoms with E-state index in [4.69, 9.17) is 0 Å². The minimum absolute atomic E-state index is 0.547. The normalized spacial score (nSPS) is 12.3. The Bertz CT molecular complexity index is 519. The summed E-state index contributed by atoms with van der Waals surface area (Å²) in [6.45, 7) is 9.85. The molecule has 2 rings (SSSR count). The van der Waals surface area contributed by atoms with E-state index in [2.05, 4.69) is 88.4 Å². The van der Waals surface area contributed by atoms with Crippen molar-refractivity contribution in [2.45, 2.75) is 51.9 Å². The summed E-state index contributed by atoms with van der Waals surface area (Å²) in [6.07, 6.45) is 0. The zero-order valence-corrected chi connectivity index (χ0v) is 18.3.